The van der Waals surface area contributed by atoms with E-state index in [9.17, 15) is 4.39 Å². The predicted octanol–water partition coefficient (Wildman–Crippen LogP) is 5.17. The lowest BCUT2D eigenvalue weighted by molar-refractivity contribution is 0.0828. The van der Waals surface area contributed by atoms with Crippen LogP contribution in [0.4, 0.5) is 21.8 Å². The van der Waals surface area contributed by atoms with Crippen LogP contribution in [0.1, 0.15) is 31.7 Å². The fourth-order valence-electron chi connectivity index (χ4n) is 6.41. The number of hydrogen-bond donors (Lipinski definition) is 3. The van der Waals surface area contributed by atoms with Crippen LogP contribution >= 0.6 is 0 Å². The number of rotatable bonds is 5. The highest BCUT2D eigenvalue weighted by Gasteiger charge is 2.30. The van der Waals surface area contributed by atoms with Crippen LogP contribution in [-0.2, 0) is 0 Å². The molecule has 0 radical (unpaired) electrons. The van der Waals surface area contributed by atoms with Gasteiger partial charge in [-0.2, -0.15) is 0 Å². The summed E-state index contributed by atoms with van der Waals surface area (Å²) < 4.78 is 15.9. The molecule has 1 saturated carbocycles. The number of nitrogen functional groups attached to an aromatic ring is 1. The van der Waals surface area contributed by atoms with Gasteiger partial charge in [-0.1, -0.05) is 12.1 Å². The average molecular weight is 540 g/mol. The van der Waals surface area contributed by atoms with Crippen molar-refractivity contribution in [3.63, 3.8) is 0 Å². The predicted molar refractivity (Wildman–Crippen MR) is 157 cm³/mol. The van der Waals surface area contributed by atoms with Gasteiger partial charge in [0.15, 0.2) is 0 Å². The molecule has 2 aromatic carbocycles. The fraction of sp³-hybridized carbons (Fsp3) is 0.367. The normalized spacial score (nSPS) is 20.9. The zero-order valence-corrected chi connectivity index (χ0v) is 22.6. The maximum atomic E-state index is 13.6. The Hall–Kier alpha value is -4.02. The van der Waals surface area contributed by atoms with Gasteiger partial charge >= 0.3 is 0 Å². The molecule has 5 aromatic rings. The lowest BCUT2D eigenvalue weighted by Gasteiger charge is -2.41. The van der Waals surface area contributed by atoms with Crippen LogP contribution in [0.2, 0.25) is 0 Å². The number of piperazine rings is 1. The van der Waals surface area contributed by atoms with Crippen LogP contribution in [0.5, 0.6) is 0 Å². The van der Waals surface area contributed by atoms with E-state index in [0.29, 0.717) is 34.9 Å². The third-order valence-electron chi connectivity index (χ3n) is 8.66. The second-order valence-electron chi connectivity index (χ2n) is 11.2. The molecule has 10 heteroatoms. The van der Waals surface area contributed by atoms with Crippen LogP contribution < -0.4 is 11.1 Å². The third kappa shape index (κ3) is 4.67. The van der Waals surface area contributed by atoms with Crippen molar-refractivity contribution in [2.75, 3.05) is 44.3 Å². The Bertz CT molecular complexity index is 1640. The number of likely N-dealkylation sites (N-methyl/N-ethyl adjacent to an activating group) is 1. The molecule has 7 rings (SSSR count). The van der Waals surface area contributed by atoms with Gasteiger partial charge in [0, 0.05) is 55.7 Å². The van der Waals surface area contributed by atoms with Gasteiger partial charge < -0.3 is 25.5 Å². The Labute approximate surface area is 232 Å². The molecule has 9 nitrogen and oxygen atoms in total. The van der Waals surface area contributed by atoms with E-state index in [4.69, 9.17) is 5.73 Å². The number of benzene rings is 2. The molecule has 1 aliphatic carbocycles. The number of H-pyrrole nitrogens is 1. The number of aromatic nitrogens is 5. The molecule has 0 amide bonds. The summed E-state index contributed by atoms with van der Waals surface area (Å²) in [7, 11) is 2.21. The molecule has 2 fully saturated rings. The molecule has 4 N–H and O–H groups in total. The highest BCUT2D eigenvalue weighted by Crippen LogP contribution is 2.39. The van der Waals surface area contributed by atoms with Gasteiger partial charge in [-0.25, -0.2) is 19.3 Å². The molecule has 206 valence electrons. The van der Waals surface area contributed by atoms with Crippen molar-refractivity contribution in [2.24, 2.45) is 0 Å². The highest BCUT2D eigenvalue weighted by atomic mass is 19.1. The maximum absolute atomic E-state index is 13.6. The van der Waals surface area contributed by atoms with Crippen molar-refractivity contribution in [1.82, 2.24) is 34.3 Å². The first-order valence-corrected chi connectivity index (χ1v) is 14.1. The Balaban J connectivity index is 1.12. The molecule has 2 aliphatic rings. The SMILES string of the molecule is CN1CCN([C@H]2CC[C@@H](n3cc(-c4ccc(Nc5nc6ccc(F)cc6[nH]5)cc4)c4c(N)ncnc43)CC2)CC1. The molecule has 0 spiro atoms. The van der Waals surface area contributed by atoms with E-state index in [-0.39, 0.29) is 5.82 Å². The number of fused-ring (bicyclic) bond motifs is 2. The van der Waals surface area contributed by atoms with Gasteiger partial charge in [-0.15, -0.1) is 0 Å². The minimum Gasteiger partial charge on any atom is -0.383 e. The van der Waals surface area contributed by atoms with Crippen LogP contribution in [-0.4, -0.2) is 73.6 Å². The van der Waals surface area contributed by atoms with Gasteiger partial charge in [-0.3, -0.25) is 4.90 Å². The number of anilines is 3. The molecule has 40 heavy (non-hydrogen) atoms. The van der Waals surface area contributed by atoms with Gasteiger partial charge in [0.25, 0.3) is 0 Å². The topological polar surface area (TPSA) is 104 Å². The second-order valence-corrected chi connectivity index (χ2v) is 11.2. The smallest absolute Gasteiger partial charge is 0.205 e. The second kappa shape index (κ2) is 10.2. The highest BCUT2D eigenvalue weighted by molar-refractivity contribution is 6.00. The van der Waals surface area contributed by atoms with Crippen LogP contribution in [0.25, 0.3) is 33.2 Å². The number of nitrogens with zero attached hydrogens (tertiary/aromatic N) is 6. The Morgan fingerprint density at radius 1 is 0.950 bits per heavy atom. The molecular formula is C30H34FN9. The fourth-order valence-corrected chi connectivity index (χ4v) is 6.41. The van der Waals surface area contributed by atoms with Gasteiger partial charge in [-0.05, 0) is 68.6 Å². The molecule has 0 unspecified atom stereocenters. The van der Waals surface area contributed by atoms with Crippen molar-refractivity contribution in [3.8, 4) is 11.1 Å². The summed E-state index contributed by atoms with van der Waals surface area (Å²) >= 11 is 0. The van der Waals surface area contributed by atoms with Gasteiger partial charge in [0.2, 0.25) is 5.95 Å². The number of nitrogens with one attached hydrogen (secondary N) is 2. The average Bonchev–Trinajstić information content (AvgIpc) is 3.56. The molecular weight excluding hydrogens is 505 g/mol. The zero-order valence-electron chi connectivity index (χ0n) is 22.6. The molecule has 0 atom stereocenters. The largest absolute Gasteiger partial charge is 0.383 e. The first-order valence-electron chi connectivity index (χ1n) is 14.1. The van der Waals surface area contributed by atoms with E-state index in [1.54, 1.807) is 12.4 Å². The molecule has 1 saturated heterocycles. The first-order chi connectivity index (χ1) is 19.5. The summed E-state index contributed by atoms with van der Waals surface area (Å²) in [6.07, 6.45) is 8.47. The van der Waals surface area contributed by atoms with Crippen molar-refractivity contribution in [1.29, 1.82) is 0 Å². The minimum absolute atomic E-state index is 0.294. The Morgan fingerprint density at radius 2 is 1.70 bits per heavy atom. The van der Waals surface area contributed by atoms with E-state index >= 15 is 0 Å². The number of imidazole rings is 1. The van der Waals surface area contributed by atoms with E-state index in [1.165, 1.54) is 38.1 Å². The monoisotopic (exact) mass is 539 g/mol. The van der Waals surface area contributed by atoms with Crippen molar-refractivity contribution in [3.05, 3.63) is 60.8 Å². The summed E-state index contributed by atoms with van der Waals surface area (Å²) in [4.78, 5) is 21.7. The number of aromatic amines is 1. The Morgan fingerprint density at radius 3 is 2.48 bits per heavy atom. The quantitative estimate of drug-likeness (QED) is 0.283. The molecule has 1 aliphatic heterocycles. The van der Waals surface area contributed by atoms with Crippen LogP contribution in [0, 0.1) is 5.82 Å². The first kappa shape index (κ1) is 25.0. The van der Waals surface area contributed by atoms with E-state index in [1.807, 2.05) is 12.1 Å². The maximum Gasteiger partial charge on any atom is 0.205 e. The Kier molecular flexibility index (Phi) is 6.36. The standard InChI is InChI=1S/C30H34FN9/c1-38-12-14-39(15-13-38)22-7-9-23(10-8-22)40-17-24(27-28(32)33-18-34-29(27)40)19-2-5-21(6-3-19)35-30-36-25-11-4-20(31)16-26(25)37-30/h2-6,11,16-18,22-23H,7-10,12-15H2,1H3,(H2,32,33,34)(H2,35,36,37)/t22-,23+. The van der Waals surface area contributed by atoms with Gasteiger partial charge in [0.05, 0.1) is 16.4 Å². The summed E-state index contributed by atoms with van der Waals surface area (Å²) in [5.41, 5.74) is 11.7. The van der Waals surface area contributed by atoms with Crippen molar-refractivity contribution >= 4 is 39.5 Å². The zero-order chi connectivity index (χ0) is 27.2. The summed E-state index contributed by atoms with van der Waals surface area (Å²) in [5, 5.41) is 4.19. The third-order valence-corrected chi connectivity index (χ3v) is 8.66. The van der Waals surface area contributed by atoms with Crippen molar-refractivity contribution in [2.45, 2.75) is 37.8 Å². The molecule has 3 aromatic heterocycles. The number of nitrogens with two attached hydrogens (primary N) is 1. The van der Waals surface area contributed by atoms with Crippen LogP contribution in [0.3, 0.4) is 0 Å². The van der Waals surface area contributed by atoms with E-state index in [2.05, 4.69) is 65.0 Å². The lowest BCUT2D eigenvalue weighted by Crippen LogP contribution is -2.49. The van der Waals surface area contributed by atoms with E-state index < -0.39 is 0 Å². The summed E-state index contributed by atoms with van der Waals surface area (Å²) in [5.74, 6) is 0.772. The minimum atomic E-state index is -0.294. The summed E-state index contributed by atoms with van der Waals surface area (Å²) in [6, 6.07) is 13.7. The van der Waals surface area contributed by atoms with Crippen molar-refractivity contribution < 1.29 is 4.39 Å². The summed E-state index contributed by atoms with van der Waals surface area (Å²) in [6.45, 7) is 4.67. The number of halogens is 1. The molecule has 4 heterocycles. The molecule has 0 bridgehead atoms. The lowest BCUT2D eigenvalue weighted by atomic mass is 9.89. The van der Waals surface area contributed by atoms with E-state index in [0.717, 1.165) is 53.8 Å². The number of hydrogen-bond acceptors (Lipinski definition) is 7. The van der Waals surface area contributed by atoms with Crippen LogP contribution in [0.15, 0.2) is 55.0 Å². The van der Waals surface area contributed by atoms with Gasteiger partial charge in [0.1, 0.15) is 23.6 Å².